The summed E-state index contributed by atoms with van der Waals surface area (Å²) in [5.41, 5.74) is 48.8. The highest BCUT2D eigenvalue weighted by molar-refractivity contribution is 6.13. The summed E-state index contributed by atoms with van der Waals surface area (Å²) < 4.78 is 0. The molecule has 0 aliphatic heterocycles. The van der Waals surface area contributed by atoms with Crippen LogP contribution in [0.1, 0.15) is 97.2 Å². The van der Waals surface area contributed by atoms with E-state index in [-0.39, 0.29) is 16.2 Å². The molecule has 122 heavy (non-hydrogen) atoms. The lowest BCUT2D eigenvalue weighted by Gasteiger charge is -2.31. The molecule has 0 saturated carbocycles. The highest BCUT2D eigenvalue weighted by Gasteiger charge is 2.52. The minimum Gasteiger partial charge on any atom is -0.355 e. The Hall–Kier alpha value is -14.8. The van der Waals surface area contributed by atoms with Crippen molar-refractivity contribution in [1.82, 2.24) is 9.97 Å². The molecule has 18 aromatic carbocycles. The molecule has 1 spiro atoms. The summed E-state index contributed by atoms with van der Waals surface area (Å²) in [7, 11) is 0. The average Bonchev–Trinajstić information content (AvgIpc) is 1.51. The van der Waals surface area contributed by atoms with Gasteiger partial charge in [-0.3, -0.25) is 0 Å². The van der Waals surface area contributed by atoms with E-state index in [2.05, 4.69) is 450 Å². The second-order valence-electron chi connectivity index (χ2n) is 36.0. The van der Waals surface area contributed by atoms with Crippen LogP contribution in [-0.2, 0) is 21.7 Å². The molecule has 0 radical (unpaired) electrons. The third-order valence-electron chi connectivity index (χ3n) is 28.6. The van der Waals surface area contributed by atoms with Gasteiger partial charge >= 0.3 is 0 Å². The van der Waals surface area contributed by atoms with E-state index in [1.54, 1.807) is 0 Å². The summed E-state index contributed by atoms with van der Waals surface area (Å²) in [6, 6.07) is 147. The van der Waals surface area contributed by atoms with Crippen molar-refractivity contribution in [3.8, 4) is 111 Å². The molecule has 0 fully saturated rings. The Morgan fingerprint density at radius 3 is 0.836 bits per heavy atom. The fourth-order valence-electron chi connectivity index (χ4n) is 22.4. The molecule has 5 aliphatic carbocycles. The van der Waals surface area contributed by atoms with Gasteiger partial charge in [-0.1, -0.05) is 296 Å². The number of H-pyrrole nitrogens is 2. The number of anilines is 6. The number of aromatic amines is 2. The Morgan fingerprint density at radius 2 is 0.418 bits per heavy atom. The number of hydrogen-bond acceptors (Lipinski definition) is 2. The number of hydrogen-bond donors (Lipinski definition) is 2. The normalized spacial score (nSPS) is 14.4. The second-order valence-corrected chi connectivity index (χ2v) is 36.0. The number of rotatable bonds is 11. The predicted octanol–water partition coefficient (Wildman–Crippen LogP) is 31.5. The van der Waals surface area contributed by atoms with Crippen molar-refractivity contribution in [3.05, 3.63) is 444 Å². The highest BCUT2D eigenvalue weighted by atomic mass is 15.1. The number of aromatic nitrogens is 2. The van der Waals surface area contributed by atoms with Gasteiger partial charge in [-0.2, -0.15) is 0 Å². The van der Waals surface area contributed by atoms with E-state index in [0.717, 1.165) is 56.2 Å². The van der Waals surface area contributed by atoms with Crippen LogP contribution >= 0.6 is 0 Å². The first-order chi connectivity index (χ1) is 59.7. The Kier molecular flexibility index (Phi) is 14.9. The molecule has 5 aliphatic rings. The minimum atomic E-state index is -0.416. The minimum absolute atomic E-state index is 0.0620. The molecule has 2 N–H and O–H groups in total. The summed E-state index contributed by atoms with van der Waals surface area (Å²) in [6.45, 7) is 14.4. The topological polar surface area (TPSA) is 38.1 Å². The lowest BCUT2D eigenvalue weighted by atomic mass is 9.70. The molecule has 4 heteroatoms. The quantitative estimate of drug-likeness (QED) is 0.135. The number of nitrogens with one attached hydrogen (secondary N) is 2. The third kappa shape index (κ3) is 10.2. The van der Waals surface area contributed by atoms with Gasteiger partial charge in [0.25, 0.3) is 0 Å². The molecule has 0 amide bonds. The molecule has 4 nitrogen and oxygen atoms in total. The molecule has 0 bridgehead atoms. The van der Waals surface area contributed by atoms with E-state index >= 15 is 0 Å². The number of fused-ring (bicyclic) bond motifs is 25. The van der Waals surface area contributed by atoms with Crippen LogP contribution in [0.2, 0.25) is 0 Å². The van der Waals surface area contributed by atoms with Gasteiger partial charge in [0.1, 0.15) is 0 Å². The van der Waals surface area contributed by atoms with E-state index in [1.807, 2.05) is 0 Å². The maximum atomic E-state index is 3.90. The molecule has 2 aromatic heterocycles. The third-order valence-corrected chi connectivity index (χ3v) is 28.6. The van der Waals surface area contributed by atoms with Crippen LogP contribution in [0.25, 0.3) is 155 Å². The van der Waals surface area contributed by atoms with E-state index < -0.39 is 5.41 Å². The van der Waals surface area contributed by atoms with Gasteiger partial charge < -0.3 is 19.8 Å². The van der Waals surface area contributed by atoms with Crippen LogP contribution < -0.4 is 9.80 Å². The molecule has 20 aromatic rings. The first-order valence-corrected chi connectivity index (χ1v) is 43.0. The Bertz CT molecular complexity index is 7760. The average molecular weight is 1560 g/mol. The Balaban J connectivity index is 0.524. The van der Waals surface area contributed by atoms with Gasteiger partial charge in [0.05, 0.1) is 5.41 Å². The van der Waals surface area contributed by atoms with E-state index in [4.69, 9.17) is 0 Å². The first-order valence-electron chi connectivity index (χ1n) is 43.0. The highest BCUT2D eigenvalue weighted by Crippen LogP contribution is 2.64. The van der Waals surface area contributed by atoms with Crippen molar-refractivity contribution in [3.63, 3.8) is 0 Å². The molecular formula is C118H84N4. The molecule has 0 atom stereocenters. The standard InChI is InChI=1S/C118H84N4/c1-115(2)101-29-17-13-27-89(101)95-67-99-97-61-77(43-59-111(97)119-113(99)69-109(95)115)75-37-49-83(50-38-75)121(81-45-33-73(34-46-81)71-21-9-7-10-22-71)85-53-57-102-93(65-85)91-55-41-79(63-107(91)116(102,3)4)80-42-56-92-96-68-100-98-62-78(44-60-112(98)120-114(100)70-110(96)117(5,6)108(92)64-80)76-39-51-84(52-40-76)122(82-47-35-74(36-48-82)72-23-11-8-12-24-72)86-54-58-106-94(66-86)90-28-16-20-32-105(90)118(106)103-30-18-14-25-87(103)88-26-15-19-31-104(88)118/h7-70,119-120H,1-6H3. The smallest absolute Gasteiger partial charge is 0.0725 e. The van der Waals surface area contributed by atoms with Crippen LogP contribution in [0, 0.1) is 0 Å². The zero-order chi connectivity index (χ0) is 81.2. The van der Waals surface area contributed by atoms with Crippen molar-refractivity contribution in [2.45, 2.75) is 63.2 Å². The molecule has 0 saturated heterocycles. The van der Waals surface area contributed by atoms with Gasteiger partial charge in [0.2, 0.25) is 0 Å². The zero-order valence-corrected chi connectivity index (χ0v) is 68.8. The van der Waals surface area contributed by atoms with Crippen LogP contribution in [-0.4, -0.2) is 9.97 Å². The van der Waals surface area contributed by atoms with Gasteiger partial charge in [-0.15, -0.1) is 0 Å². The van der Waals surface area contributed by atoms with E-state index in [9.17, 15) is 0 Å². The molecular weight excluding hydrogens is 1470 g/mol. The van der Waals surface area contributed by atoms with Gasteiger partial charge in [0.15, 0.2) is 0 Å². The second kappa shape index (κ2) is 25.8. The van der Waals surface area contributed by atoms with Crippen LogP contribution in [0.5, 0.6) is 0 Å². The molecule has 25 rings (SSSR count). The monoisotopic (exact) mass is 1560 g/mol. The zero-order valence-electron chi connectivity index (χ0n) is 68.8. The number of nitrogens with zero attached hydrogens (tertiary/aromatic N) is 2. The lowest BCUT2D eigenvalue weighted by molar-refractivity contribution is 0.660. The fourth-order valence-corrected chi connectivity index (χ4v) is 22.4. The molecule has 2 heterocycles. The lowest BCUT2D eigenvalue weighted by Crippen LogP contribution is -2.25. The molecule has 576 valence electrons. The SMILES string of the molecule is CC1(C)c2ccc(N(c3ccc(-c4ccccc4)cc3)c3ccc(-c4ccc5[nH]c6cc7c(cc6c5c4)-c4ccccc4C7(C)C)cc3)cc2-c2ccc(-c3ccc4c(c3)C(C)(C)c3cc5[nH]c6ccc(-c7ccc(N(c8ccc(-c9ccccc9)cc8)c8ccc9c(c8)-c8ccccc8C98c9ccccc9-c9ccccc98)cc7)cc6c5cc3-4)cc21. The van der Waals surface area contributed by atoms with Crippen molar-refractivity contribution < 1.29 is 0 Å². The summed E-state index contributed by atoms with van der Waals surface area (Å²) in [5.74, 6) is 0. The summed E-state index contributed by atoms with van der Waals surface area (Å²) >= 11 is 0. The fraction of sp³-hybridized carbons (Fsp3) is 0.0847. The van der Waals surface area contributed by atoms with Crippen molar-refractivity contribution in [2.75, 3.05) is 9.80 Å². The van der Waals surface area contributed by atoms with Crippen molar-refractivity contribution >= 4 is 77.7 Å². The van der Waals surface area contributed by atoms with Crippen LogP contribution in [0.15, 0.2) is 388 Å². The van der Waals surface area contributed by atoms with Crippen molar-refractivity contribution in [2.24, 2.45) is 0 Å². The van der Waals surface area contributed by atoms with Gasteiger partial charge in [0, 0.05) is 94.0 Å². The van der Waals surface area contributed by atoms with Crippen LogP contribution in [0.4, 0.5) is 34.1 Å². The summed E-state index contributed by atoms with van der Waals surface area (Å²) in [5, 5.41) is 4.96. The van der Waals surface area contributed by atoms with Gasteiger partial charge in [-0.05, 0) is 300 Å². The van der Waals surface area contributed by atoms with E-state index in [0.29, 0.717) is 0 Å². The maximum Gasteiger partial charge on any atom is 0.0725 e. The Morgan fingerprint density at radius 1 is 0.164 bits per heavy atom. The van der Waals surface area contributed by atoms with Crippen LogP contribution in [0.3, 0.4) is 0 Å². The van der Waals surface area contributed by atoms with Crippen molar-refractivity contribution in [1.29, 1.82) is 0 Å². The van der Waals surface area contributed by atoms with Gasteiger partial charge in [-0.25, -0.2) is 0 Å². The number of benzene rings is 18. The largest absolute Gasteiger partial charge is 0.355 e. The first kappa shape index (κ1) is 70.2. The molecule has 0 unspecified atom stereocenters. The maximum absolute atomic E-state index is 3.90. The summed E-state index contributed by atoms with van der Waals surface area (Å²) in [4.78, 5) is 12.6. The van der Waals surface area contributed by atoms with E-state index in [1.165, 1.54) is 188 Å². The predicted molar refractivity (Wildman–Crippen MR) is 511 cm³/mol. The summed E-state index contributed by atoms with van der Waals surface area (Å²) in [6.07, 6.45) is 0. The Labute approximate surface area is 711 Å².